The summed E-state index contributed by atoms with van der Waals surface area (Å²) >= 11 is 0. The molecule has 0 N–H and O–H groups in total. The summed E-state index contributed by atoms with van der Waals surface area (Å²) in [6, 6.07) is 0.0833. The maximum atomic E-state index is 11.5. The van der Waals surface area contributed by atoms with Gasteiger partial charge in [0.25, 0.3) is 0 Å². The summed E-state index contributed by atoms with van der Waals surface area (Å²) in [7, 11) is -3.08. The molecule has 0 bridgehead atoms. The Hall–Kier alpha value is -0.350. The van der Waals surface area contributed by atoms with Crippen molar-refractivity contribution in [3.8, 4) is 0 Å². The van der Waals surface area contributed by atoms with Crippen LogP contribution in [-0.2, 0) is 10.0 Å². The van der Waals surface area contributed by atoms with Crippen molar-refractivity contribution < 1.29 is 8.42 Å². The molecule has 1 rings (SSSR count). The van der Waals surface area contributed by atoms with Gasteiger partial charge in [-0.2, -0.15) is 4.31 Å². The molecule has 1 aliphatic rings. The Morgan fingerprint density at radius 1 is 1.36 bits per heavy atom. The van der Waals surface area contributed by atoms with Crippen molar-refractivity contribution in [1.29, 1.82) is 0 Å². The second-order valence-corrected chi connectivity index (χ2v) is 7.08. The van der Waals surface area contributed by atoms with Crippen molar-refractivity contribution in [2.75, 3.05) is 6.26 Å². The summed E-state index contributed by atoms with van der Waals surface area (Å²) in [6.07, 6.45) is 1.26. The molecule has 3 nitrogen and oxygen atoms in total. The van der Waals surface area contributed by atoms with E-state index in [0.29, 0.717) is 0 Å². The zero-order valence-corrected chi connectivity index (χ0v) is 10.4. The highest BCUT2D eigenvalue weighted by molar-refractivity contribution is 7.88. The van der Waals surface area contributed by atoms with E-state index >= 15 is 0 Å². The van der Waals surface area contributed by atoms with Crippen molar-refractivity contribution in [2.24, 2.45) is 5.41 Å². The quantitative estimate of drug-likeness (QED) is 0.520. The molecule has 0 radical (unpaired) electrons. The van der Waals surface area contributed by atoms with Crippen LogP contribution < -0.4 is 0 Å². The third-order valence-electron chi connectivity index (χ3n) is 2.53. The summed E-state index contributed by atoms with van der Waals surface area (Å²) in [4.78, 5) is 0. The number of hydrogen-bond donors (Lipinski definition) is 0. The van der Waals surface area contributed by atoms with Gasteiger partial charge in [0.15, 0.2) is 0 Å². The van der Waals surface area contributed by atoms with Crippen LogP contribution in [0.5, 0.6) is 0 Å². The van der Waals surface area contributed by atoms with Crippen molar-refractivity contribution in [3.05, 3.63) is 12.2 Å². The van der Waals surface area contributed by atoms with E-state index in [-0.39, 0.29) is 17.5 Å². The molecule has 1 aliphatic heterocycles. The first-order valence-corrected chi connectivity index (χ1v) is 6.55. The van der Waals surface area contributed by atoms with E-state index in [0.717, 1.165) is 5.57 Å². The highest BCUT2D eigenvalue weighted by atomic mass is 32.2. The van der Waals surface area contributed by atoms with E-state index in [1.54, 1.807) is 4.31 Å². The molecule has 1 heterocycles. The van der Waals surface area contributed by atoms with Crippen LogP contribution in [0, 0.1) is 5.41 Å². The van der Waals surface area contributed by atoms with Gasteiger partial charge in [0.1, 0.15) is 0 Å². The van der Waals surface area contributed by atoms with E-state index in [4.69, 9.17) is 0 Å². The lowest BCUT2D eigenvalue weighted by Gasteiger charge is -2.17. The van der Waals surface area contributed by atoms with Crippen LogP contribution in [0.3, 0.4) is 0 Å². The fourth-order valence-electron chi connectivity index (χ4n) is 1.97. The maximum Gasteiger partial charge on any atom is 0.212 e. The van der Waals surface area contributed by atoms with Gasteiger partial charge in [-0.3, -0.25) is 0 Å². The fraction of sp³-hybridized carbons (Fsp3) is 0.800. The van der Waals surface area contributed by atoms with Crippen molar-refractivity contribution in [3.63, 3.8) is 0 Å². The lowest BCUT2D eigenvalue weighted by molar-refractivity contribution is 0.370. The topological polar surface area (TPSA) is 37.1 Å². The summed E-state index contributed by atoms with van der Waals surface area (Å²) in [6.45, 7) is 11.9. The van der Waals surface area contributed by atoms with E-state index in [9.17, 15) is 8.42 Å². The number of rotatable bonds is 2. The lowest BCUT2D eigenvalue weighted by atomic mass is 9.89. The maximum absolute atomic E-state index is 11.5. The predicted octanol–water partition coefficient (Wildman–Crippen LogP) is 1.62. The van der Waals surface area contributed by atoms with Crippen LogP contribution >= 0.6 is 0 Å². The molecule has 1 fully saturated rings. The molecule has 3 atom stereocenters. The van der Waals surface area contributed by atoms with Gasteiger partial charge >= 0.3 is 0 Å². The number of sulfonamides is 1. The second kappa shape index (κ2) is 3.07. The number of hydrogen-bond acceptors (Lipinski definition) is 2. The third-order valence-corrected chi connectivity index (χ3v) is 3.75. The van der Waals surface area contributed by atoms with Crippen LogP contribution in [-0.4, -0.2) is 31.1 Å². The molecule has 0 aromatic heterocycles. The van der Waals surface area contributed by atoms with Crippen LogP contribution in [0.4, 0.5) is 0 Å². The normalized spacial score (nSPS) is 32.8. The van der Waals surface area contributed by atoms with E-state index in [1.165, 1.54) is 6.26 Å². The zero-order chi connectivity index (χ0) is 11.3. The molecule has 14 heavy (non-hydrogen) atoms. The fourth-order valence-corrected chi connectivity index (χ4v) is 3.46. The summed E-state index contributed by atoms with van der Waals surface area (Å²) < 4.78 is 24.5. The molecule has 1 saturated heterocycles. The van der Waals surface area contributed by atoms with Gasteiger partial charge in [-0.15, -0.1) is 0 Å². The first-order valence-electron chi connectivity index (χ1n) is 4.70. The number of nitrogens with zero attached hydrogens (tertiary/aromatic N) is 1. The molecule has 0 aromatic carbocycles. The average Bonchev–Trinajstić information content (AvgIpc) is 2.54. The van der Waals surface area contributed by atoms with Gasteiger partial charge in [-0.1, -0.05) is 32.9 Å². The molecule has 82 valence electrons. The highest BCUT2D eigenvalue weighted by Crippen LogP contribution is 2.46. The molecule has 0 aromatic rings. The Balaban J connectivity index is 2.97. The minimum atomic E-state index is -3.08. The molecule has 0 saturated carbocycles. The third kappa shape index (κ3) is 2.01. The van der Waals surface area contributed by atoms with Crippen LogP contribution in [0.15, 0.2) is 12.2 Å². The Morgan fingerprint density at radius 2 is 1.79 bits per heavy atom. The first kappa shape index (κ1) is 11.7. The van der Waals surface area contributed by atoms with Crippen molar-refractivity contribution >= 4 is 10.0 Å². The van der Waals surface area contributed by atoms with Crippen LogP contribution in [0.2, 0.25) is 0 Å². The monoisotopic (exact) mass is 217 g/mol. The van der Waals surface area contributed by atoms with Gasteiger partial charge in [-0.25, -0.2) is 8.42 Å². The lowest BCUT2D eigenvalue weighted by Crippen LogP contribution is -2.22. The SMILES string of the molecule is C=C(C)[C@H]1[C@H](C(C)(C)C)N1S(C)(=O)=O. The smallest absolute Gasteiger partial charge is 0.212 e. The van der Waals surface area contributed by atoms with Gasteiger partial charge in [0.05, 0.1) is 18.3 Å². The van der Waals surface area contributed by atoms with Gasteiger partial charge in [0.2, 0.25) is 10.0 Å². The Morgan fingerprint density at radius 3 is 1.86 bits per heavy atom. The Kier molecular flexibility index (Phi) is 2.57. The Bertz CT molecular complexity index is 351. The molecular weight excluding hydrogens is 198 g/mol. The van der Waals surface area contributed by atoms with E-state index in [1.807, 2.05) is 6.92 Å². The molecule has 1 unspecified atom stereocenters. The second-order valence-electron chi connectivity index (χ2n) is 5.19. The summed E-state index contributed by atoms with van der Waals surface area (Å²) in [5.74, 6) is 0. The van der Waals surface area contributed by atoms with E-state index in [2.05, 4.69) is 27.4 Å². The largest absolute Gasteiger partial charge is 0.212 e. The zero-order valence-electron chi connectivity index (χ0n) is 9.53. The molecule has 0 amide bonds. The first-order chi connectivity index (χ1) is 6.07. The Labute approximate surface area is 86.8 Å². The van der Waals surface area contributed by atoms with E-state index < -0.39 is 10.0 Å². The minimum Gasteiger partial charge on any atom is -0.212 e. The van der Waals surface area contributed by atoms with Crippen molar-refractivity contribution in [2.45, 2.75) is 39.8 Å². The summed E-state index contributed by atoms with van der Waals surface area (Å²) in [5.41, 5.74) is 0.905. The minimum absolute atomic E-state index is 0.00463. The highest BCUT2D eigenvalue weighted by Gasteiger charge is 2.58. The van der Waals surface area contributed by atoms with Gasteiger partial charge < -0.3 is 0 Å². The average molecular weight is 217 g/mol. The van der Waals surface area contributed by atoms with Crippen LogP contribution in [0.25, 0.3) is 0 Å². The standard InChI is InChI=1S/C10H19NO2S/c1-7(2)8-9(10(3,4)5)11(8)14(6,12)13/h8-9H,1H2,2-6H3/t8-,9+,11?/m0/s1. The van der Waals surface area contributed by atoms with Gasteiger partial charge in [-0.05, 0) is 12.3 Å². The molecule has 0 spiro atoms. The summed E-state index contributed by atoms with van der Waals surface area (Å²) in [5, 5.41) is 0. The molecule has 4 heteroatoms. The van der Waals surface area contributed by atoms with Crippen LogP contribution in [0.1, 0.15) is 27.7 Å². The predicted molar refractivity (Wildman–Crippen MR) is 58.5 cm³/mol. The molecule has 0 aliphatic carbocycles. The molecular formula is C10H19NO2S. The van der Waals surface area contributed by atoms with Crippen molar-refractivity contribution in [1.82, 2.24) is 4.31 Å². The van der Waals surface area contributed by atoms with Gasteiger partial charge in [0, 0.05) is 0 Å².